The van der Waals surface area contributed by atoms with E-state index < -0.39 is 0 Å². The van der Waals surface area contributed by atoms with Crippen molar-refractivity contribution in [1.82, 2.24) is 5.32 Å². The van der Waals surface area contributed by atoms with Crippen molar-refractivity contribution in [3.8, 4) is 0 Å². The molecule has 1 amide bonds. The smallest absolute Gasteiger partial charge is 0.407 e. The quantitative estimate of drug-likeness (QED) is 0.624. The lowest BCUT2D eigenvalue weighted by atomic mass is 9.98. The molecular weight excluding hydrogens is 142 g/mol. The van der Waals surface area contributed by atoms with Crippen molar-refractivity contribution in [3.05, 3.63) is 6.42 Å². The Morgan fingerprint density at radius 1 is 1.64 bits per heavy atom. The minimum Gasteiger partial charge on any atom is -0.446 e. The average Bonchev–Trinajstić information content (AvgIpc) is 2.06. The molecule has 3 heteroatoms. The van der Waals surface area contributed by atoms with Crippen molar-refractivity contribution in [2.75, 3.05) is 7.05 Å². The summed E-state index contributed by atoms with van der Waals surface area (Å²) in [5, 5.41) is 2.43. The maximum absolute atomic E-state index is 10.7. The van der Waals surface area contributed by atoms with E-state index in [0.29, 0.717) is 0 Å². The Hall–Kier alpha value is -0.730. The van der Waals surface area contributed by atoms with E-state index in [4.69, 9.17) is 4.74 Å². The topological polar surface area (TPSA) is 38.3 Å². The van der Waals surface area contributed by atoms with Crippen molar-refractivity contribution in [2.45, 2.75) is 31.8 Å². The van der Waals surface area contributed by atoms with Crippen molar-refractivity contribution in [2.24, 2.45) is 0 Å². The van der Waals surface area contributed by atoms with Gasteiger partial charge in [0.05, 0.1) is 0 Å². The standard InChI is InChI=1S/C8H14NO2/c1-9-8(10)11-7-5-3-2-4-6-7/h5,7H,2-4,6H2,1H3,(H,9,10). The Bertz CT molecular complexity index is 130. The van der Waals surface area contributed by atoms with Crippen LogP contribution < -0.4 is 5.32 Å². The summed E-state index contributed by atoms with van der Waals surface area (Å²) in [6, 6.07) is 0. The summed E-state index contributed by atoms with van der Waals surface area (Å²) in [6.07, 6.45) is 6.23. The summed E-state index contributed by atoms with van der Waals surface area (Å²) in [4.78, 5) is 10.7. The highest BCUT2D eigenvalue weighted by Crippen LogP contribution is 2.19. The second kappa shape index (κ2) is 4.21. The van der Waals surface area contributed by atoms with E-state index in [1.54, 1.807) is 7.05 Å². The fourth-order valence-electron chi connectivity index (χ4n) is 1.21. The highest BCUT2D eigenvalue weighted by molar-refractivity contribution is 5.66. The largest absolute Gasteiger partial charge is 0.446 e. The van der Waals surface area contributed by atoms with Crippen molar-refractivity contribution >= 4 is 6.09 Å². The minimum atomic E-state index is -0.326. The summed E-state index contributed by atoms with van der Waals surface area (Å²) >= 11 is 0. The molecule has 11 heavy (non-hydrogen) atoms. The van der Waals surface area contributed by atoms with Gasteiger partial charge in [-0.25, -0.2) is 4.79 Å². The molecule has 1 rings (SSSR count). The van der Waals surface area contributed by atoms with Gasteiger partial charge in [0.1, 0.15) is 6.10 Å². The Balaban J connectivity index is 2.19. The molecule has 1 unspecified atom stereocenters. The summed E-state index contributed by atoms with van der Waals surface area (Å²) in [5.74, 6) is 0. The van der Waals surface area contributed by atoms with Crippen LogP contribution in [0.4, 0.5) is 4.79 Å². The summed E-state index contributed by atoms with van der Waals surface area (Å²) in [5.41, 5.74) is 0. The van der Waals surface area contributed by atoms with Crippen molar-refractivity contribution in [3.63, 3.8) is 0 Å². The van der Waals surface area contributed by atoms with E-state index in [9.17, 15) is 4.79 Å². The van der Waals surface area contributed by atoms with Crippen LogP contribution in [0, 0.1) is 6.42 Å². The normalized spacial score (nSPS) is 19.4. The molecule has 1 aliphatic rings. The van der Waals surface area contributed by atoms with Crippen LogP contribution in [0.5, 0.6) is 0 Å². The monoisotopic (exact) mass is 156 g/mol. The number of hydrogen-bond donors (Lipinski definition) is 1. The number of rotatable bonds is 1. The number of ether oxygens (including phenoxy) is 1. The fraction of sp³-hybridized carbons (Fsp3) is 0.750. The first-order chi connectivity index (χ1) is 5.33. The van der Waals surface area contributed by atoms with Gasteiger partial charge in [-0.1, -0.05) is 6.42 Å². The van der Waals surface area contributed by atoms with Crippen LogP contribution in [0.3, 0.4) is 0 Å². The molecule has 0 aliphatic heterocycles. The molecule has 0 bridgehead atoms. The molecule has 1 saturated carbocycles. The molecule has 1 atom stereocenters. The molecule has 0 aromatic carbocycles. The third-order valence-corrected chi connectivity index (χ3v) is 1.83. The van der Waals surface area contributed by atoms with Crippen LogP contribution in [0.2, 0.25) is 0 Å². The van der Waals surface area contributed by atoms with Gasteiger partial charge >= 0.3 is 6.09 Å². The van der Waals surface area contributed by atoms with Crippen LogP contribution in [0.1, 0.15) is 25.7 Å². The molecule has 1 N–H and O–H groups in total. The van der Waals surface area contributed by atoms with Gasteiger partial charge in [-0.3, -0.25) is 0 Å². The van der Waals surface area contributed by atoms with Crippen molar-refractivity contribution in [1.29, 1.82) is 0 Å². The zero-order chi connectivity index (χ0) is 8.10. The second-order valence-electron chi connectivity index (χ2n) is 2.71. The van der Waals surface area contributed by atoms with E-state index >= 15 is 0 Å². The molecule has 0 spiro atoms. The van der Waals surface area contributed by atoms with E-state index in [-0.39, 0.29) is 12.2 Å². The van der Waals surface area contributed by atoms with E-state index in [1.807, 2.05) is 0 Å². The summed E-state index contributed by atoms with van der Waals surface area (Å²) in [7, 11) is 1.57. The first kappa shape index (κ1) is 8.37. The van der Waals surface area contributed by atoms with Crippen LogP contribution in [-0.2, 0) is 4.74 Å². The zero-order valence-electron chi connectivity index (χ0n) is 6.80. The van der Waals surface area contributed by atoms with Gasteiger partial charge in [-0.05, 0) is 19.3 Å². The van der Waals surface area contributed by atoms with Crippen LogP contribution >= 0.6 is 0 Å². The second-order valence-corrected chi connectivity index (χ2v) is 2.71. The van der Waals surface area contributed by atoms with Gasteiger partial charge in [0, 0.05) is 13.5 Å². The lowest BCUT2D eigenvalue weighted by Gasteiger charge is -2.20. The Morgan fingerprint density at radius 2 is 2.45 bits per heavy atom. The van der Waals surface area contributed by atoms with Gasteiger partial charge in [0.2, 0.25) is 0 Å². The van der Waals surface area contributed by atoms with Crippen LogP contribution in [0.25, 0.3) is 0 Å². The third kappa shape index (κ3) is 2.78. The number of hydrogen-bond acceptors (Lipinski definition) is 2. The van der Waals surface area contributed by atoms with E-state index in [0.717, 1.165) is 19.3 Å². The fourth-order valence-corrected chi connectivity index (χ4v) is 1.21. The number of carbonyl (C=O) groups excluding carboxylic acids is 1. The molecule has 1 radical (unpaired) electrons. The maximum atomic E-state index is 10.7. The molecule has 3 nitrogen and oxygen atoms in total. The molecule has 0 aromatic heterocycles. The van der Waals surface area contributed by atoms with Crippen LogP contribution in [0.15, 0.2) is 0 Å². The van der Waals surface area contributed by atoms with Gasteiger partial charge in [0.25, 0.3) is 0 Å². The maximum Gasteiger partial charge on any atom is 0.407 e. The van der Waals surface area contributed by atoms with Gasteiger partial charge in [0.15, 0.2) is 0 Å². The lowest BCUT2D eigenvalue weighted by Crippen LogP contribution is -2.27. The first-order valence-corrected chi connectivity index (χ1v) is 4.04. The highest BCUT2D eigenvalue weighted by atomic mass is 16.6. The molecule has 0 saturated heterocycles. The number of amides is 1. The summed E-state index contributed by atoms with van der Waals surface area (Å²) < 4.78 is 5.03. The number of alkyl carbamates (subject to hydrolysis) is 1. The molecule has 63 valence electrons. The lowest BCUT2D eigenvalue weighted by molar-refractivity contribution is 0.101. The van der Waals surface area contributed by atoms with Crippen molar-refractivity contribution < 1.29 is 9.53 Å². The van der Waals surface area contributed by atoms with Gasteiger partial charge < -0.3 is 10.1 Å². The number of nitrogens with one attached hydrogen (secondary N) is 1. The minimum absolute atomic E-state index is 0.0451. The molecule has 0 aromatic rings. The van der Waals surface area contributed by atoms with E-state index in [2.05, 4.69) is 11.7 Å². The SMILES string of the molecule is CNC(=O)OC1[CH]CCCC1. The molecule has 1 aliphatic carbocycles. The van der Waals surface area contributed by atoms with Gasteiger partial charge in [-0.15, -0.1) is 0 Å². The molecule has 0 heterocycles. The predicted molar refractivity (Wildman–Crippen MR) is 42.1 cm³/mol. The zero-order valence-corrected chi connectivity index (χ0v) is 6.80. The Morgan fingerprint density at radius 3 is 3.00 bits per heavy atom. The van der Waals surface area contributed by atoms with Gasteiger partial charge in [-0.2, -0.15) is 0 Å². The molecular formula is C8H14NO2. The Kier molecular flexibility index (Phi) is 3.20. The predicted octanol–water partition coefficient (Wildman–Crippen LogP) is 1.49. The first-order valence-electron chi connectivity index (χ1n) is 4.04. The highest BCUT2D eigenvalue weighted by Gasteiger charge is 2.16. The van der Waals surface area contributed by atoms with Crippen LogP contribution in [-0.4, -0.2) is 19.2 Å². The molecule has 1 fully saturated rings. The van der Waals surface area contributed by atoms with E-state index in [1.165, 1.54) is 6.42 Å². The Labute approximate surface area is 67.1 Å². The third-order valence-electron chi connectivity index (χ3n) is 1.83. The average molecular weight is 156 g/mol. The number of carbonyl (C=O) groups is 1. The summed E-state index contributed by atoms with van der Waals surface area (Å²) in [6.45, 7) is 0.